The van der Waals surface area contributed by atoms with E-state index >= 15 is 0 Å². The quantitative estimate of drug-likeness (QED) is 0.724. The molecule has 0 fully saturated rings. The van der Waals surface area contributed by atoms with Gasteiger partial charge in [-0.1, -0.05) is 24.3 Å². The van der Waals surface area contributed by atoms with Crippen LogP contribution in [-0.4, -0.2) is 9.55 Å². The zero-order chi connectivity index (χ0) is 16.0. The Hall–Kier alpha value is -3.33. The van der Waals surface area contributed by atoms with Gasteiger partial charge in [0.2, 0.25) is 5.95 Å². The lowest BCUT2D eigenvalue weighted by Crippen LogP contribution is -2.27. The first-order valence-corrected chi connectivity index (χ1v) is 7.08. The van der Waals surface area contributed by atoms with Crippen LogP contribution in [0.1, 0.15) is 11.6 Å². The van der Waals surface area contributed by atoms with Crippen LogP contribution in [0.5, 0.6) is 0 Å². The van der Waals surface area contributed by atoms with Gasteiger partial charge in [0.25, 0.3) is 0 Å². The molecule has 0 spiro atoms. The fourth-order valence-electron chi connectivity index (χ4n) is 2.94. The Morgan fingerprint density at radius 1 is 1.17 bits per heavy atom. The molecule has 0 radical (unpaired) electrons. The summed E-state index contributed by atoms with van der Waals surface area (Å²) in [4.78, 5) is 4.52. The van der Waals surface area contributed by atoms with Crippen molar-refractivity contribution in [2.45, 2.75) is 6.04 Å². The van der Waals surface area contributed by atoms with E-state index in [9.17, 15) is 9.65 Å². The summed E-state index contributed by atoms with van der Waals surface area (Å²) >= 11 is 0. The van der Waals surface area contributed by atoms with Crippen LogP contribution in [0.2, 0.25) is 0 Å². The van der Waals surface area contributed by atoms with E-state index in [-0.39, 0.29) is 11.6 Å². The summed E-state index contributed by atoms with van der Waals surface area (Å²) in [5.41, 5.74) is 8.84. The van der Waals surface area contributed by atoms with E-state index in [1.54, 1.807) is 12.1 Å². The van der Waals surface area contributed by atoms with Gasteiger partial charge in [0.15, 0.2) is 0 Å². The number of hydrogen-bond acceptors (Lipinski definition) is 4. The van der Waals surface area contributed by atoms with Crippen molar-refractivity contribution < 1.29 is 4.39 Å². The minimum atomic E-state index is -0.441. The minimum Gasteiger partial charge on any atom is -0.384 e. The van der Waals surface area contributed by atoms with Crippen molar-refractivity contribution in [2.24, 2.45) is 5.73 Å². The molecule has 0 saturated heterocycles. The first kappa shape index (κ1) is 13.3. The van der Waals surface area contributed by atoms with Crippen LogP contribution in [-0.2, 0) is 0 Å². The maximum atomic E-state index is 13.3. The molecule has 1 aliphatic heterocycles. The third-order valence-corrected chi connectivity index (χ3v) is 3.97. The highest BCUT2D eigenvalue weighted by Gasteiger charge is 2.30. The van der Waals surface area contributed by atoms with Gasteiger partial charge in [0, 0.05) is 0 Å². The van der Waals surface area contributed by atoms with E-state index in [1.807, 2.05) is 28.8 Å². The average Bonchev–Trinajstić information content (AvgIpc) is 2.92. The topological polar surface area (TPSA) is 79.7 Å². The van der Waals surface area contributed by atoms with E-state index in [2.05, 4.69) is 16.4 Å². The Kier molecular flexibility index (Phi) is 2.81. The normalized spacial score (nSPS) is 16.8. The van der Waals surface area contributed by atoms with Gasteiger partial charge in [-0.2, -0.15) is 5.26 Å². The van der Waals surface area contributed by atoms with Crippen molar-refractivity contribution in [1.29, 1.82) is 5.26 Å². The van der Waals surface area contributed by atoms with Crippen molar-refractivity contribution in [3.8, 4) is 6.07 Å². The van der Waals surface area contributed by atoms with Gasteiger partial charge in [0.05, 0.1) is 16.6 Å². The molecule has 2 heterocycles. The van der Waals surface area contributed by atoms with Crippen molar-refractivity contribution in [1.82, 2.24) is 9.55 Å². The highest BCUT2D eigenvalue weighted by molar-refractivity contribution is 5.80. The maximum Gasteiger partial charge on any atom is 0.210 e. The van der Waals surface area contributed by atoms with Crippen LogP contribution in [0, 0.1) is 17.1 Å². The fraction of sp³-hybridized carbons (Fsp3) is 0.0588. The largest absolute Gasteiger partial charge is 0.384 e. The van der Waals surface area contributed by atoms with Crippen LogP contribution in [0.4, 0.5) is 10.3 Å². The summed E-state index contributed by atoms with van der Waals surface area (Å²) in [5.74, 6) is 0.510. The third kappa shape index (κ3) is 1.94. The molecule has 112 valence electrons. The first-order valence-electron chi connectivity index (χ1n) is 7.08. The van der Waals surface area contributed by atoms with Crippen molar-refractivity contribution >= 4 is 17.0 Å². The molecule has 1 atom stereocenters. The maximum absolute atomic E-state index is 13.3. The Morgan fingerprint density at radius 3 is 2.65 bits per heavy atom. The van der Waals surface area contributed by atoms with Crippen LogP contribution in [0.25, 0.3) is 11.0 Å². The molecule has 5 nitrogen and oxygen atoms in total. The predicted molar refractivity (Wildman–Crippen MR) is 84.7 cm³/mol. The van der Waals surface area contributed by atoms with Crippen LogP contribution < -0.4 is 11.1 Å². The molecule has 0 saturated carbocycles. The fourth-order valence-corrected chi connectivity index (χ4v) is 2.94. The lowest BCUT2D eigenvalue weighted by Gasteiger charge is -2.27. The van der Waals surface area contributed by atoms with Gasteiger partial charge >= 0.3 is 0 Å². The zero-order valence-corrected chi connectivity index (χ0v) is 12.0. The number of fused-ring (bicyclic) bond motifs is 3. The van der Waals surface area contributed by atoms with Gasteiger partial charge in [-0.15, -0.1) is 0 Å². The third-order valence-electron chi connectivity index (χ3n) is 3.97. The molecular weight excluding hydrogens is 293 g/mol. The van der Waals surface area contributed by atoms with E-state index in [4.69, 9.17) is 5.73 Å². The smallest absolute Gasteiger partial charge is 0.210 e. The number of rotatable bonds is 1. The van der Waals surface area contributed by atoms with E-state index in [0.717, 1.165) is 16.6 Å². The SMILES string of the molecule is N#CC1=C(N)Nc2nc3ccccc3n2[C@@H]1c1ccc(F)cc1. The second-order valence-corrected chi connectivity index (χ2v) is 5.31. The molecule has 0 bridgehead atoms. The van der Waals surface area contributed by atoms with E-state index in [1.165, 1.54) is 12.1 Å². The number of imidazole rings is 1. The van der Waals surface area contributed by atoms with Crippen LogP contribution >= 0.6 is 0 Å². The predicted octanol–water partition coefficient (Wildman–Crippen LogP) is 2.88. The number of para-hydroxylation sites is 2. The number of nitrogens with two attached hydrogens (primary N) is 1. The van der Waals surface area contributed by atoms with E-state index < -0.39 is 6.04 Å². The van der Waals surface area contributed by atoms with Gasteiger partial charge in [0.1, 0.15) is 23.7 Å². The van der Waals surface area contributed by atoms with Gasteiger partial charge in [-0.3, -0.25) is 4.57 Å². The summed E-state index contributed by atoms with van der Waals surface area (Å²) in [6.45, 7) is 0. The second-order valence-electron chi connectivity index (χ2n) is 5.31. The molecular formula is C17H12FN5. The van der Waals surface area contributed by atoms with Gasteiger partial charge < -0.3 is 11.1 Å². The second kappa shape index (κ2) is 4.85. The summed E-state index contributed by atoms with van der Waals surface area (Å²) < 4.78 is 15.2. The Balaban J connectivity index is 2.02. The standard InChI is InChI=1S/C17H12FN5/c18-11-7-5-10(6-8-11)15-12(9-19)16(20)22-17-21-13-3-1-2-4-14(13)23(15)17/h1-8,15H,20H2,(H,21,22)/t15-/m1/s1. The number of hydrogen-bond donors (Lipinski definition) is 2. The number of nitrogens with one attached hydrogen (secondary N) is 1. The molecule has 6 heteroatoms. The molecule has 3 N–H and O–H groups in total. The lowest BCUT2D eigenvalue weighted by atomic mass is 9.97. The van der Waals surface area contributed by atoms with Gasteiger partial charge in [-0.25, -0.2) is 9.37 Å². The highest BCUT2D eigenvalue weighted by Crippen LogP contribution is 2.37. The number of benzene rings is 2. The summed E-state index contributed by atoms with van der Waals surface area (Å²) in [6, 6.07) is 15.4. The molecule has 2 aromatic carbocycles. The molecule has 4 rings (SSSR count). The molecule has 23 heavy (non-hydrogen) atoms. The minimum absolute atomic E-state index is 0.268. The number of aromatic nitrogens is 2. The lowest BCUT2D eigenvalue weighted by molar-refractivity contribution is 0.623. The van der Waals surface area contributed by atoms with Crippen molar-refractivity contribution in [2.75, 3.05) is 5.32 Å². The number of anilines is 1. The number of nitrogens with zero attached hydrogens (tertiary/aromatic N) is 3. The Morgan fingerprint density at radius 2 is 1.91 bits per heavy atom. The highest BCUT2D eigenvalue weighted by atomic mass is 19.1. The van der Waals surface area contributed by atoms with Crippen LogP contribution in [0.15, 0.2) is 59.9 Å². The number of allylic oxidation sites excluding steroid dienone is 1. The number of nitriles is 1. The first-order chi connectivity index (χ1) is 11.2. The summed E-state index contributed by atoms with van der Waals surface area (Å²) in [7, 11) is 0. The molecule has 0 aliphatic carbocycles. The Labute approximate surface area is 131 Å². The summed E-state index contributed by atoms with van der Waals surface area (Å²) in [6.07, 6.45) is 0. The molecule has 1 aliphatic rings. The molecule has 1 aromatic heterocycles. The molecule has 0 amide bonds. The van der Waals surface area contributed by atoms with E-state index in [0.29, 0.717) is 11.5 Å². The number of halogens is 1. The van der Waals surface area contributed by atoms with Gasteiger partial charge in [-0.05, 0) is 29.8 Å². The van der Waals surface area contributed by atoms with Crippen molar-refractivity contribution in [3.05, 3.63) is 71.3 Å². The zero-order valence-electron chi connectivity index (χ0n) is 12.0. The molecule has 3 aromatic rings. The van der Waals surface area contributed by atoms with Crippen LogP contribution in [0.3, 0.4) is 0 Å². The molecule has 0 unspecified atom stereocenters. The monoisotopic (exact) mass is 305 g/mol. The average molecular weight is 305 g/mol. The Bertz CT molecular complexity index is 978. The van der Waals surface area contributed by atoms with Crippen molar-refractivity contribution in [3.63, 3.8) is 0 Å². The summed E-state index contributed by atoms with van der Waals surface area (Å²) in [5, 5.41) is 12.5.